The topological polar surface area (TPSA) is 85.1 Å². The van der Waals surface area contributed by atoms with E-state index < -0.39 is 4.92 Å². The summed E-state index contributed by atoms with van der Waals surface area (Å²) in [6.45, 7) is 2.01. The van der Waals surface area contributed by atoms with E-state index in [0.717, 1.165) is 21.6 Å². The van der Waals surface area contributed by atoms with Crippen molar-refractivity contribution in [3.63, 3.8) is 0 Å². The quantitative estimate of drug-likeness (QED) is 0.323. The van der Waals surface area contributed by atoms with Crippen molar-refractivity contribution < 1.29 is 9.72 Å². The second-order valence-corrected chi connectivity index (χ2v) is 7.69. The SMILES string of the molecule is Cc1ccc(-c2sc(NC(=O)c3ccccc3)nc2-c2ccc([N+](=O)[O-])cc2)cc1. The number of hydrogen-bond acceptors (Lipinski definition) is 5. The van der Waals surface area contributed by atoms with Crippen molar-refractivity contribution in [2.75, 3.05) is 5.32 Å². The van der Waals surface area contributed by atoms with Gasteiger partial charge in [0.15, 0.2) is 5.13 Å². The number of carbonyl (C=O) groups excluding carboxylic acids is 1. The summed E-state index contributed by atoms with van der Waals surface area (Å²) < 4.78 is 0. The van der Waals surface area contributed by atoms with Crippen LogP contribution in [0.1, 0.15) is 15.9 Å². The van der Waals surface area contributed by atoms with Crippen LogP contribution in [0.25, 0.3) is 21.7 Å². The fourth-order valence-electron chi connectivity index (χ4n) is 2.97. The first-order chi connectivity index (χ1) is 14.5. The number of carbonyl (C=O) groups is 1. The number of aromatic nitrogens is 1. The van der Waals surface area contributed by atoms with E-state index in [1.165, 1.54) is 23.5 Å². The van der Waals surface area contributed by atoms with Crippen LogP contribution in [0.2, 0.25) is 0 Å². The minimum Gasteiger partial charge on any atom is -0.298 e. The standard InChI is InChI=1S/C23H17N3O3S/c1-15-7-9-17(10-8-15)21-20(16-11-13-19(14-12-16)26(28)29)24-23(30-21)25-22(27)18-5-3-2-4-6-18/h2-14H,1H3,(H,24,25,27). The monoisotopic (exact) mass is 415 g/mol. The van der Waals surface area contributed by atoms with Crippen LogP contribution in [-0.2, 0) is 0 Å². The van der Waals surface area contributed by atoms with Crippen molar-refractivity contribution in [2.45, 2.75) is 6.92 Å². The first kappa shape index (κ1) is 19.5. The van der Waals surface area contributed by atoms with Crippen molar-refractivity contribution in [1.82, 2.24) is 4.98 Å². The Morgan fingerprint density at radius 2 is 1.57 bits per heavy atom. The van der Waals surface area contributed by atoms with Gasteiger partial charge in [-0.1, -0.05) is 59.4 Å². The average molecular weight is 415 g/mol. The Morgan fingerprint density at radius 1 is 0.933 bits per heavy atom. The van der Waals surface area contributed by atoms with E-state index in [1.807, 2.05) is 37.3 Å². The molecule has 0 saturated carbocycles. The molecule has 30 heavy (non-hydrogen) atoms. The minimum absolute atomic E-state index is 0.0171. The fourth-order valence-corrected chi connectivity index (χ4v) is 3.96. The molecular formula is C23H17N3O3S. The van der Waals surface area contributed by atoms with Crippen LogP contribution in [0.5, 0.6) is 0 Å². The molecule has 0 aliphatic rings. The molecule has 0 bridgehead atoms. The molecule has 0 spiro atoms. The summed E-state index contributed by atoms with van der Waals surface area (Å²) in [5.74, 6) is -0.241. The van der Waals surface area contributed by atoms with E-state index in [2.05, 4.69) is 10.3 Å². The number of benzene rings is 3. The van der Waals surface area contributed by atoms with Crippen molar-refractivity contribution in [2.24, 2.45) is 0 Å². The van der Waals surface area contributed by atoms with Crippen LogP contribution >= 0.6 is 11.3 Å². The van der Waals surface area contributed by atoms with Gasteiger partial charge in [-0.25, -0.2) is 4.98 Å². The maximum Gasteiger partial charge on any atom is 0.269 e. The van der Waals surface area contributed by atoms with Crippen LogP contribution < -0.4 is 5.32 Å². The molecule has 4 rings (SSSR count). The predicted molar refractivity (Wildman–Crippen MR) is 119 cm³/mol. The lowest BCUT2D eigenvalue weighted by molar-refractivity contribution is -0.384. The zero-order chi connectivity index (χ0) is 21.1. The van der Waals surface area contributed by atoms with E-state index in [4.69, 9.17) is 0 Å². The van der Waals surface area contributed by atoms with Gasteiger partial charge in [0, 0.05) is 23.3 Å². The lowest BCUT2D eigenvalue weighted by Crippen LogP contribution is -2.11. The van der Waals surface area contributed by atoms with E-state index in [1.54, 1.807) is 36.4 Å². The van der Waals surface area contributed by atoms with E-state index in [-0.39, 0.29) is 11.6 Å². The maximum absolute atomic E-state index is 12.6. The summed E-state index contributed by atoms with van der Waals surface area (Å²) in [5.41, 5.74) is 4.07. The number of amides is 1. The molecule has 0 atom stereocenters. The van der Waals surface area contributed by atoms with E-state index >= 15 is 0 Å². The Balaban J connectivity index is 1.74. The summed E-state index contributed by atoms with van der Waals surface area (Å²) in [6, 6.07) is 23.2. The van der Waals surface area contributed by atoms with Crippen molar-refractivity contribution in [1.29, 1.82) is 0 Å². The molecule has 0 fully saturated rings. The van der Waals surface area contributed by atoms with Crippen LogP contribution in [0.3, 0.4) is 0 Å². The second-order valence-electron chi connectivity index (χ2n) is 6.69. The van der Waals surface area contributed by atoms with Crippen molar-refractivity contribution in [3.05, 3.63) is 100 Å². The highest BCUT2D eigenvalue weighted by Crippen LogP contribution is 2.39. The zero-order valence-electron chi connectivity index (χ0n) is 16.0. The summed E-state index contributed by atoms with van der Waals surface area (Å²) >= 11 is 1.37. The molecule has 0 radical (unpaired) electrons. The third-order valence-corrected chi connectivity index (χ3v) is 5.57. The molecule has 0 saturated heterocycles. The highest BCUT2D eigenvalue weighted by Gasteiger charge is 2.18. The first-order valence-electron chi connectivity index (χ1n) is 9.20. The molecule has 1 aromatic heterocycles. The van der Waals surface area contributed by atoms with Gasteiger partial charge in [-0.05, 0) is 36.8 Å². The third-order valence-electron chi connectivity index (χ3n) is 4.55. The smallest absolute Gasteiger partial charge is 0.269 e. The largest absolute Gasteiger partial charge is 0.298 e. The molecular weight excluding hydrogens is 398 g/mol. The fraction of sp³-hybridized carbons (Fsp3) is 0.0435. The van der Waals surface area contributed by atoms with Gasteiger partial charge in [0.1, 0.15) is 0 Å². The number of aryl methyl sites for hydroxylation is 1. The van der Waals surface area contributed by atoms with Gasteiger partial charge in [0.2, 0.25) is 0 Å². The van der Waals surface area contributed by atoms with Crippen molar-refractivity contribution in [3.8, 4) is 21.7 Å². The number of hydrogen-bond donors (Lipinski definition) is 1. The summed E-state index contributed by atoms with van der Waals surface area (Å²) in [7, 11) is 0. The number of non-ortho nitro benzene ring substituents is 1. The predicted octanol–water partition coefficient (Wildman–Crippen LogP) is 5.95. The maximum atomic E-state index is 12.6. The van der Waals surface area contributed by atoms with Gasteiger partial charge >= 0.3 is 0 Å². The lowest BCUT2D eigenvalue weighted by atomic mass is 10.1. The number of rotatable bonds is 5. The van der Waals surface area contributed by atoms with Crippen LogP contribution in [0.15, 0.2) is 78.9 Å². The van der Waals surface area contributed by atoms with Gasteiger partial charge in [-0.15, -0.1) is 0 Å². The van der Waals surface area contributed by atoms with Crippen LogP contribution in [0.4, 0.5) is 10.8 Å². The average Bonchev–Trinajstić information content (AvgIpc) is 3.18. The molecule has 1 N–H and O–H groups in total. The van der Waals surface area contributed by atoms with Crippen LogP contribution in [0, 0.1) is 17.0 Å². The molecule has 3 aromatic carbocycles. The molecule has 148 valence electrons. The van der Waals surface area contributed by atoms with Gasteiger partial charge < -0.3 is 0 Å². The van der Waals surface area contributed by atoms with Crippen molar-refractivity contribution >= 4 is 28.1 Å². The Morgan fingerprint density at radius 3 is 2.20 bits per heavy atom. The second kappa shape index (κ2) is 8.26. The van der Waals surface area contributed by atoms with Crippen LogP contribution in [-0.4, -0.2) is 15.8 Å². The van der Waals surface area contributed by atoms with Gasteiger partial charge in [0.25, 0.3) is 11.6 Å². The number of nitro groups is 1. The molecule has 4 aromatic rings. The molecule has 6 nitrogen and oxygen atoms in total. The van der Waals surface area contributed by atoms with Gasteiger partial charge in [-0.2, -0.15) is 0 Å². The molecule has 0 aliphatic carbocycles. The molecule has 1 amide bonds. The molecule has 7 heteroatoms. The normalized spacial score (nSPS) is 10.6. The lowest BCUT2D eigenvalue weighted by Gasteiger charge is -2.03. The molecule has 0 aliphatic heterocycles. The third kappa shape index (κ3) is 4.11. The van der Waals surface area contributed by atoms with Gasteiger partial charge in [0.05, 0.1) is 15.5 Å². The van der Waals surface area contributed by atoms with E-state index in [9.17, 15) is 14.9 Å². The highest BCUT2D eigenvalue weighted by molar-refractivity contribution is 7.19. The number of thiazole rings is 1. The molecule has 0 unspecified atom stereocenters. The van der Waals surface area contributed by atoms with Gasteiger partial charge in [-0.3, -0.25) is 20.2 Å². The first-order valence-corrected chi connectivity index (χ1v) is 10.0. The Bertz CT molecular complexity index is 1200. The Kier molecular flexibility index (Phi) is 5.36. The summed E-state index contributed by atoms with van der Waals surface area (Å²) in [4.78, 5) is 28.6. The van der Waals surface area contributed by atoms with E-state index in [0.29, 0.717) is 16.4 Å². The number of anilines is 1. The Labute approximate surface area is 177 Å². The summed E-state index contributed by atoms with van der Waals surface area (Å²) in [6.07, 6.45) is 0. The summed E-state index contributed by atoms with van der Waals surface area (Å²) in [5, 5.41) is 14.3. The Hall–Kier alpha value is -3.84. The number of nitrogens with zero attached hydrogens (tertiary/aromatic N) is 2. The number of nitro benzene ring substituents is 1. The zero-order valence-corrected chi connectivity index (χ0v) is 16.8. The highest BCUT2D eigenvalue weighted by atomic mass is 32.1. The molecule has 1 heterocycles. The minimum atomic E-state index is -0.433. The number of nitrogens with one attached hydrogen (secondary N) is 1.